The summed E-state index contributed by atoms with van der Waals surface area (Å²) in [5.41, 5.74) is -0.00897. The fourth-order valence-corrected chi connectivity index (χ4v) is 2.19. The lowest BCUT2D eigenvalue weighted by Crippen LogP contribution is -2.40. The van der Waals surface area contributed by atoms with Gasteiger partial charge in [-0.1, -0.05) is 17.2 Å². The standard InChI is InChI=1S/C15H11F2N3O4/c16-15(17,6-9-19-8-3-7-18-19)14(23)24-20-12(21)10-4-1-2-5-11(10)13(20)22/h1-5,7-8H,6,9H2. The molecule has 0 N–H and O–H groups in total. The van der Waals surface area contributed by atoms with Crippen molar-refractivity contribution in [1.29, 1.82) is 0 Å². The van der Waals surface area contributed by atoms with Crippen LogP contribution in [0.5, 0.6) is 0 Å². The number of imide groups is 1. The highest BCUT2D eigenvalue weighted by atomic mass is 19.3. The minimum absolute atomic E-state index is 0.00448. The van der Waals surface area contributed by atoms with Crippen LogP contribution in [0.4, 0.5) is 8.78 Å². The number of hydroxylamine groups is 2. The number of amides is 2. The molecule has 1 aliphatic rings. The van der Waals surface area contributed by atoms with Gasteiger partial charge in [0.05, 0.1) is 11.1 Å². The molecule has 1 aliphatic heterocycles. The number of fused-ring (bicyclic) bond motifs is 1. The molecule has 0 bridgehead atoms. The minimum atomic E-state index is -3.87. The van der Waals surface area contributed by atoms with Gasteiger partial charge in [0.25, 0.3) is 11.8 Å². The molecule has 0 aliphatic carbocycles. The van der Waals surface area contributed by atoms with Gasteiger partial charge >= 0.3 is 11.9 Å². The lowest BCUT2D eigenvalue weighted by atomic mass is 10.1. The Bertz CT molecular complexity index is 770. The molecule has 2 amide bonds. The molecule has 1 aromatic carbocycles. The number of hydrogen-bond donors (Lipinski definition) is 0. The van der Waals surface area contributed by atoms with E-state index in [1.54, 1.807) is 6.07 Å². The zero-order valence-corrected chi connectivity index (χ0v) is 12.2. The van der Waals surface area contributed by atoms with Crippen molar-refractivity contribution in [3.63, 3.8) is 0 Å². The van der Waals surface area contributed by atoms with Crippen LogP contribution in [0.15, 0.2) is 42.7 Å². The lowest BCUT2D eigenvalue weighted by molar-refractivity contribution is -0.197. The lowest BCUT2D eigenvalue weighted by Gasteiger charge is -2.18. The van der Waals surface area contributed by atoms with E-state index >= 15 is 0 Å². The van der Waals surface area contributed by atoms with Gasteiger partial charge in [0.1, 0.15) is 0 Å². The fraction of sp³-hybridized carbons (Fsp3) is 0.200. The van der Waals surface area contributed by atoms with Crippen LogP contribution in [0.25, 0.3) is 0 Å². The number of halogens is 2. The second-order valence-corrected chi connectivity index (χ2v) is 5.05. The Hall–Kier alpha value is -3.10. The molecule has 124 valence electrons. The van der Waals surface area contributed by atoms with Crippen LogP contribution in [0, 0.1) is 0 Å². The SMILES string of the molecule is O=C1c2ccccc2C(=O)N1OC(=O)C(F)(F)CCn1cccn1. The molecule has 3 rings (SSSR count). The monoisotopic (exact) mass is 335 g/mol. The molecule has 0 saturated heterocycles. The summed E-state index contributed by atoms with van der Waals surface area (Å²) in [4.78, 5) is 40.0. The first kappa shape index (κ1) is 15.8. The summed E-state index contributed by atoms with van der Waals surface area (Å²) in [6, 6.07) is 7.26. The number of aromatic nitrogens is 2. The molecular formula is C15H11F2N3O4. The quantitative estimate of drug-likeness (QED) is 0.776. The highest BCUT2D eigenvalue weighted by molar-refractivity contribution is 6.20. The van der Waals surface area contributed by atoms with Crippen LogP contribution in [0.2, 0.25) is 0 Å². The Morgan fingerprint density at radius 1 is 1.12 bits per heavy atom. The molecule has 2 heterocycles. The van der Waals surface area contributed by atoms with Crippen LogP contribution >= 0.6 is 0 Å². The number of carbonyl (C=O) groups excluding carboxylic acids is 3. The molecule has 0 unspecified atom stereocenters. The maximum Gasteiger partial charge on any atom is 0.402 e. The Morgan fingerprint density at radius 3 is 2.29 bits per heavy atom. The van der Waals surface area contributed by atoms with E-state index in [0.29, 0.717) is 0 Å². The number of alkyl halides is 2. The van der Waals surface area contributed by atoms with Crippen LogP contribution in [0.1, 0.15) is 27.1 Å². The van der Waals surface area contributed by atoms with Gasteiger partial charge in [0.15, 0.2) is 0 Å². The molecule has 1 aromatic heterocycles. The fourth-order valence-electron chi connectivity index (χ4n) is 2.19. The van der Waals surface area contributed by atoms with Crippen molar-refractivity contribution < 1.29 is 28.0 Å². The van der Waals surface area contributed by atoms with Gasteiger partial charge in [-0.2, -0.15) is 13.9 Å². The van der Waals surface area contributed by atoms with Gasteiger partial charge in [0, 0.05) is 25.4 Å². The summed E-state index contributed by atoms with van der Waals surface area (Å²) in [6.45, 7) is -0.225. The zero-order chi connectivity index (χ0) is 17.3. The summed E-state index contributed by atoms with van der Waals surface area (Å²) in [5, 5.41) is 3.81. The van der Waals surface area contributed by atoms with Gasteiger partial charge in [-0.15, -0.1) is 0 Å². The van der Waals surface area contributed by atoms with E-state index in [1.807, 2.05) is 0 Å². The molecule has 0 saturated carbocycles. The smallest absolute Gasteiger partial charge is 0.323 e. The normalized spacial score (nSPS) is 14.0. The summed E-state index contributed by atoms with van der Waals surface area (Å²) in [7, 11) is 0. The number of benzene rings is 1. The Kier molecular flexibility index (Phi) is 3.84. The first-order valence-corrected chi connectivity index (χ1v) is 6.95. The third-order valence-electron chi connectivity index (χ3n) is 3.44. The van der Waals surface area contributed by atoms with Gasteiger partial charge < -0.3 is 4.84 Å². The number of hydrogen-bond acceptors (Lipinski definition) is 5. The third kappa shape index (κ3) is 2.75. The van der Waals surface area contributed by atoms with Gasteiger partial charge in [-0.3, -0.25) is 14.3 Å². The molecule has 9 heteroatoms. The number of carbonyl (C=O) groups is 3. The molecule has 0 atom stereocenters. The van der Waals surface area contributed by atoms with Crippen LogP contribution in [-0.4, -0.2) is 38.5 Å². The number of nitrogens with zero attached hydrogens (tertiary/aromatic N) is 3. The first-order valence-electron chi connectivity index (χ1n) is 6.95. The molecule has 2 aromatic rings. The topological polar surface area (TPSA) is 81.5 Å². The van der Waals surface area contributed by atoms with E-state index in [0.717, 1.165) is 0 Å². The largest absolute Gasteiger partial charge is 0.402 e. The van der Waals surface area contributed by atoms with Crippen molar-refractivity contribution in [1.82, 2.24) is 14.8 Å². The van der Waals surface area contributed by atoms with Crippen molar-refractivity contribution in [3.8, 4) is 0 Å². The average molecular weight is 335 g/mol. The molecular weight excluding hydrogens is 324 g/mol. The summed E-state index contributed by atoms with van der Waals surface area (Å²) in [6.07, 6.45) is 2.00. The van der Waals surface area contributed by atoms with E-state index in [2.05, 4.69) is 9.94 Å². The zero-order valence-electron chi connectivity index (χ0n) is 12.2. The third-order valence-corrected chi connectivity index (χ3v) is 3.44. The summed E-state index contributed by atoms with van der Waals surface area (Å²) in [5.74, 6) is -7.75. The highest BCUT2D eigenvalue weighted by Crippen LogP contribution is 2.26. The highest BCUT2D eigenvalue weighted by Gasteiger charge is 2.46. The van der Waals surface area contributed by atoms with Gasteiger partial charge in [-0.25, -0.2) is 4.79 Å². The van der Waals surface area contributed by atoms with E-state index in [1.165, 1.54) is 41.3 Å². The van der Waals surface area contributed by atoms with E-state index in [-0.39, 0.29) is 22.7 Å². The van der Waals surface area contributed by atoms with Crippen molar-refractivity contribution in [2.24, 2.45) is 0 Å². The van der Waals surface area contributed by atoms with Crippen molar-refractivity contribution in [2.45, 2.75) is 18.9 Å². The summed E-state index contributed by atoms with van der Waals surface area (Å²) < 4.78 is 29.0. The molecule has 0 fully saturated rings. The Labute approximate surface area is 134 Å². The first-order chi connectivity index (χ1) is 11.4. The second-order valence-electron chi connectivity index (χ2n) is 5.05. The molecule has 0 spiro atoms. The van der Waals surface area contributed by atoms with Gasteiger partial charge in [0.2, 0.25) is 0 Å². The Morgan fingerprint density at radius 2 is 1.75 bits per heavy atom. The van der Waals surface area contributed by atoms with Crippen molar-refractivity contribution in [3.05, 3.63) is 53.9 Å². The Balaban J connectivity index is 1.68. The average Bonchev–Trinajstić information content (AvgIpc) is 3.17. The predicted molar refractivity (Wildman–Crippen MR) is 74.8 cm³/mol. The van der Waals surface area contributed by atoms with Gasteiger partial charge in [-0.05, 0) is 18.2 Å². The predicted octanol–water partition coefficient (Wildman–Crippen LogP) is 1.66. The van der Waals surface area contributed by atoms with Crippen molar-refractivity contribution >= 4 is 17.8 Å². The molecule has 7 nitrogen and oxygen atoms in total. The number of aryl methyl sites for hydroxylation is 1. The minimum Gasteiger partial charge on any atom is -0.323 e. The van der Waals surface area contributed by atoms with E-state index < -0.39 is 30.1 Å². The maximum absolute atomic E-state index is 13.9. The van der Waals surface area contributed by atoms with Crippen LogP contribution < -0.4 is 0 Å². The number of rotatable bonds is 5. The maximum atomic E-state index is 13.9. The second kappa shape index (κ2) is 5.84. The molecule has 24 heavy (non-hydrogen) atoms. The van der Waals surface area contributed by atoms with E-state index in [9.17, 15) is 23.2 Å². The van der Waals surface area contributed by atoms with E-state index in [4.69, 9.17) is 0 Å². The van der Waals surface area contributed by atoms with Crippen LogP contribution in [0.3, 0.4) is 0 Å². The van der Waals surface area contributed by atoms with Crippen LogP contribution in [-0.2, 0) is 16.2 Å². The summed E-state index contributed by atoms with van der Waals surface area (Å²) >= 11 is 0. The molecule has 0 radical (unpaired) electrons. The van der Waals surface area contributed by atoms with Crippen molar-refractivity contribution in [2.75, 3.05) is 0 Å².